The van der Waals surface area contributed by atoms with Crippen LogP contribution in [0.4, 0.5) is 0 Å². The molecular formula is C28H26O. The third-order valence-electron chi connectivity index (χ3n) is 6.12. The van der Waals surface area contributed by atoms with E-state index in [-0.39, 0.29) is 0 Å². The molecule has 144 valence electrons. The highest BCUT2D eigenvalue weighted by Gasteiger charge is 2.13. The second kappa shape index (κ2) is 8.13. The van der Waals surface area contributed by atoms with Crippen molar-refractivity contribution in [2.45, 2.75) is 38.5 Å². The minimum absolute atomic E-state index is 1.03. The molecule has 0 bridgehead atoms. The van der Waals surface area contributed by atoms with Crippen molar-refractivity contribution in [3.63, 3.8) is 0 Å². The highest BCUT2D eigenvalue weighted by Crippen LogP contribution is 2.33. The van der Waals surface area contributed by atoms with Crippen LogP contribution in [0.2, 0.25) is 0 Å². The molecule has 1 heterocycles. The number of fused-ring (bicyclic) bond motifs is 5. The van der Waals surface area contributed by atoms with Crippen molar-refractivity contribution in [3.05, 3.63) is 108 Å². The topological polar surface area (TPSA) is 13.1 Å². The van der Waals surface area contributed by atoms with Crippen LogP contribution >= 0.6 is 0 Å². The Morgan fingerprint density at radius 2 is 1.69 bits per heavy atom. The lowest BCUT2D eigenvalue weighted by molar-refractivity contribution is 0.564. The summed E-state index contributed by atoms with van der Waals surface area (Å²) in [5.41, 5.74) is 5.90. The molecule has 0 atom stereocenters. The molecule has 2 aliphatic rings. The molecule has 0 aliphatic heterocycles. The molecule has 0 N–H and O–H groups in total. The summed E-state index contributed by atoms with van der Waals surface area (Å²) in [4.78, 5) is 0. The smallest absolute Gasteiger partial charge is 0.0937 e. The number of hydrogen-bond donors (Lipinski definition) is 0. The van der Waals surface area contributed by atoms with Gasteiger partial charge in [-0.15, -0.1) is 0 Å². The van der Waals surface area contributed by atoms with E-state index in [2.05, 4.69) is 66.8 Å². The van der Waals surface area contributed by atoms with Gasteiger partial charge in [-0.3, -0.25) is 0 Å². The van der Waals surface area contributed by atoms with Gasteiger partial charge in [0.2, 0.25) is 0 Å². The normalized spacial score (nSPS) is 15.1. The fourth-order valence-electron chi connectivity index (χ4n) is 4.62. The van der Waals surface area contributed by atoms with Crippen LogP contribution in [0.15, 0.2) is 95.3 Å². The highest BCUT2D eigenvalue weighted by atomic mass is 16.3. The van der Waals surface area contributed by atoms with E-state index >= 15 is 0 Å². The Kier molecular flexibility index (Phi) is 5.04. The monoisotopic (exact) mass is 378 g/mol. The molecular weight excluding hydrogens is 352 g/mol. The standard InChI is InChI=1S/C18H16.C10H10O/c1-3-7-15-13(5-1)9-11-18-16-8-4-2-6-14(16)10-12-17(15)18;1-2-4-9(3-1)7-10-5-6-11-8-10/h1,3,5,7,9-12H,2,4,6,8H2;1-3,5-6,8H,4,7H2. The number of allylic oxidation sites excluding steroid dienone is 4. The Morgan fingerprint density at radius 1 is 0.793 bits per heavy atom. The molecule has 1 aromatic heterocycles. The average Bonchev–Trinajstić information content (AvgIpc) is 3.49. The predicted octanol–water partition coefficient (Wildman–Crippen LogP) is 7.58. The van der Waals surface area contributed by atoms with Crippen LogP contribution in [-0.4, -0.2) is 0 Å². The summed E-state index contributed by atoms with van der Waals surface area (Å²) in [6, 6.07) is 20.0. The Labute approximate surface area is 172 Å². The molecule has 1 nitrogen and oxygen atoms in total. The van der Waals surface area contributed by atoms with E-state index in [1.807, 2.05) is 6.07 Å². The summed E-state index contributed by atoms with van der Waals surface area (Å²) < 4.78 is 4.98. The first kappa shape index (κ1) is 18.0. The number of rotatable bonds is 2. The van der Waals surface area contributed by atoms with Crippen LogP contribution in [0.3, 0.4) is 0 Å². The summed E-state index contributed by atoms with van der Waals surface area (Å²) in [5.74, 6) is 0. The Hall–Kier alpha value is -3.06. The van der Waals surface area contributed by atoms with Gasteiger partial charge >= 0.3 is 0 Å². The first-order chi connectivity index (χ1) is 14.4. The number of aryl methyl sites for hydroxylation is 2. The molecule has 0 unspecified atom stereocenters. The molecule has 2 aliphatic carbocycles. The van der Waals surface area contributed by atoms with Crippen LogP contribution < -0.4 is 0 Å². The van der Waals surface area contributed by atoms with Crippen molar-refractivity contribution in [3.8, 4) is 0 Å². The van der Waals surface area contributed by atoms with Gasteiger partial charge in [0.15, 0.2) is 0 Å². The quantitative estimate of drug-likeness (QED) is 0.328. The fraction of sp³-hybridized carbons (Fsp3) is 0.214. The zero-order chi connectivity index (χ0) is 19.5. The van der Waals surface area contributed by atoms with E-state index in [0.29, 0.717) is 0 Å². The molecule has 4 aromatic rings. The summed E-state index contributed by atoms with van der Waals surface area (Å²) >= 11 is 0. The molecule has 0 amide bonds. The van der Waals surface area contributed by atoms with Gasteiger partial charge < -0.3 is 4.42 Å². The molecule has 1 heteroatoms. The number of furan rings is 1. The van der Waals surface area contributed by atoms with Gasteiger partial charge in [-0.1, -0.05) is 72.3 Å². The van der Waals surface area contributed by atoms with Crippen molar-refractivity contribution in [2.24, 2.45) is 0 Å². The van der Waals surface area contributed by atoms with Crippen LogP contribution in [-0.2, 0) is 19.3 Å². The third kappa shape index (κ3) is 3.78. The summed E-state index contributed by atoms with van der Waals surface area (Å²) in [6.45, 7) is 0. The van der Waals surface area contributed by atoms with Gasteiger partial charge in [-0.05, 0) is 82.8 Å². The summed E-state index contributed by atoms with van der Waals surface area (Å²) in [7, 11) is 0. The van der Waals surface area contributed by atoms with Gasteiger partial charge in [-0.2, -0.15) is 0 Å². The first-order valence-corrected chi connectivity index (χ1v) is 10.7. The Bertz CT molecular complexity index is 1190. The number of hydrogen-bond acceptors (Lipinski definition) is 1. The Balaban J connectivity index is 0.000000142. The maximum absolute atomic E-state index is 4.98. The highest BCUT2D eigenvalue weighted by molar-refractivity contribution is 6.08. The lowest BCUT2D eigenvalue weighted by Crippen LogP contribution is -2.02. The Morgan fingerprint density at radius 3 is 2.55 bits per heavy atom. The van der Waals surface area contributed by atoms with Crippen molar-refractivity contribution >= 4 is 21.5 Å². The van der Waals surface area contributed by atoms with Crippen molar-refractivity contribution < 1.29 is 4.42 Å². The van der Waals surface area contributed by atoms with Crippen molar-refractivity contribution in [2.75, 3.05) is 0 Å². The van der Waals surface area contributed by atoms with Crippen LogP contribution in [0, 0.1) is 0 Å². The lowest BCUT2D eigenvalue weighted by atomic mass is 9.86. The van der Waals surface area contributed by atoms with Crippen LogP contribution in [0.5, 0.6) is 0 Å². The largest absolute Gasteiger partial charge is 0.472 e. The molecule has 0 fully saturated rings. The summed E-state index contributed by atoms with van der Waals surface area (Å²) in [5, 5.41) is 5.64. The van der Waals surface area contributed by atoms with E-state index in [9.17, 15) is 0 Å². The summed E-state index contributed by atoms with van der Waals surface area (Å²) in [6.07, 6.45) is 17.3. The van der Waals surface area contributed by atoms with E-state index in [0.717, 1.165) is 12.8 Å². The molecule has 0 saturated carbocycles. The van der Waals surface area contributed by atoms with Crippen molar-refractivity contribution in [1.82, 2.24) is 0 Å². The van der Waals surface area contributed by atoms with Gasteiger partial charge in [0.05, 0.1) is 12.5 Å². The molecule has 0 spiro atoms. The second-order valence-corrected chi connectivity index (χ2v) is 8.06. The van der Waals surface area contributed by atoms with Crippen molar-refractivity contribution in [1.29, 1.82) is 0 Å². The minimum Gasteiger partial charge on any atom is -0.472 e. The molecule has 3 aromatic carbocycles. The van der Waals surface area contributed by atoms with Gasteiger partial charge in [0.1, 0.15) is 0 Å². The van der Waals surface area contributed by atoms with Gasteiger partial charge in [0, 0.05) is 0 Å². The minimum atomic E-state index is 1.03. The van der Waals surface area contributed by atoms with Crippen LogP contribution in [0.1, 0.15) is 36.0 Å². The molecule has 0 radical (unpaired) electrons. The van der Waals surface area contributed by atoms with E-state index < -0.39 is 0 Å². The van der Waals surface area contributed by atoms with E-state index in [1.165, 1.54) is 58.4 Å². The maximum atomic E-state index is 4.98. The maximum Gasteiger partial charge on any atom is 0.0937 e. The molecule has 29 heavy (non-hydrogen) atoms. The van der Waals surface area contributed by atoms with E-state index in [4.69, 9.17) is 4.42 Å². The first-order valence-electron chi connectivity index (χ1n) is 10.7. The van der Waals surface area contributed by atoms with Crippen LogP contribution in [0.25, 0.3) is 21.5 Å². The molecule has 6 rings (SSSR count). The predicted molar refractivity (Wildman–Crippen MR) is 122 cm³/mol. The number of benzene rings is 3. The van der Waals surface area contributed by atoms with E-state index in [1.54, 1.807) is 23.7 Å². The molecule has 0 saturated heterocycles. The van der Waals surface area contributed by atoms with Gasteiger partial charge in [0.25, 0.3) is 0 Å². The fourth-order valence-corrected chi connectivity index (χ4v) is 4.62. The average molecular weight is 379 g/mol. The zero-order valence-corrected chi connectivity index (χ0v) is 16.7. The lowest BCUT2D eigenvalue weighted by Gasteiger charge is -2.18. The SMILES string of the molecule is C1=CCC(Cc2ccoc2)=C1.c1ccc2c(c1)ccc1c3c(ccc12)CCCC3. The van der Waals surface area contributed by atoms with Gasteiger partial charge in [-0.25, -0.2) is 0 Å². The second-order valence-electron chi connectivity index (χ2n) is 8.06. The third-order valence-corrected chi connectivity index (χ3v) is 6.12. The zero-order valence-electron chi connectivity index (χ0n) is 16.7.